The molecule has 2 rings (SSSR count). The van der Waals surface area contributed by atoms with Gasteiger partial charge in [0.05, 0.1) is 12.6 Å². The minimum Gasteiger partial charge on any atom is -0.394 e. The molecule has 20 heavy (non-hydrogen) atoms. The summed E-state index contributed by atoms with van der Waals surface area (Å²) < 4.78 is 22.7. The summed E-state index contributed by atoms with van der Waals surface area (Å²) in [6.45, 7) is -0.159. The third-order valence-corrected chi connectivity index (χ3v) is 4.80. The van der Waals surface area contributed by atoms with Crippen LogP contribution in [0.4, 0.5) is 0 Å². The number of amides is 1. The number of aliphatic hydroxyl groups excluding tert-OH is 1. The average Bonchev–Trinajstić information content (AvgIpc) is 2.79. The highest BCUT2D eigenvalue weighted by Gasteiger charge is 2.39. The van der Waals surface area contributed by atoms with Crippen molar-refractivity contribution in [2.24, 2.45) is 5.14 Å². The minimum absolute atomic E-state index is 0.0513. The van der Waals surface area contributed by atoms with Crippen LogP contribution in [0.3, 0.4) is 0 Å². The quantitative estimate of drug-likeness (QED) is 0.763. The summed E-state index contributed by atoms with van der Waals surface area (Å²) >= 11 is 0. The molecule has 6 nitrogen and oxygen atoms in total. The lowest BCUT2D eigenvalue weighted by Crippen LogP contribution is -2.42. The predicted molar refractivity (Wildman–Crippen MR) is 74.2 cm³/mol. The maximum absolute atomic E-state index is 11.9. The van der Waals surface area contributed by atoms with Crippen LogP contribution < -0.4 is 5.14 Å². The first kappa shape index (κ1) is 15.0. The van der Waals surface area contributed by atoms with Gasteiger partial charge in [0.15, 0.2) is 0 Å². The van der Waals surface area contributed by atoms with Crippen LogP contribution in [-0.4, -0.2) is 48.8 Å². The molecule has 0 spiro atoms. The Morgan fingerprint density at radius 2 is 2.00 bits per heavy atom. The molecule has 1 aromatic carbocycles. The normalized spacial score (nSPS) is 21.2. The highest BCUT2D eigenvalue weighted by molar-refractivity contribution is 7.89. The van der Waals surface area contributed by atoms with Crippen LogP contribution in [0.1, 0.15) is 12.0 Å². The fourth-order valence-corrected chi connectivity index (χ4v) is 3.17. The van der Waals surface area contributed by atoms with Gasteiger partial charge in [-0.1, -0.05) is 30.3 Å². The first-order chi connectivity index (χ1) is 9.41. The molecule has 1 aliphatic heterocycles. The summed E-state index contributed by atoms with van der Waals surface area (Å²) in [6, 6.07) is 9.03. The molecule has 2 unspecified atom stereocenters. The monoisotopic (exact) mass is 298 g/mol. The highest BCUT2D eigenvalue weighted by atomic mass is 32.2. The van der Waals surface area contributed by atoms with Gasteiger partial charge in [-0.3, -0.25) is 4.79 Å². The van der Waals surface area contributed by atoms with Gasteiger partial charge in [0.1, 0.15) is 5.25 Å². The van der Waals surface area contributed by atoms with Crippen molar-refractivity contribution in [3.8, 4) is 0 Å². The van der Waals surface area contributed by atoms with Gasteiger partial charge in [0, 0.05) is 13.0 Å². The zero-order chi connectivity index (χ0) is 14.8. The smallest absolute Gasteiger partial charge is 0.224 e. The number of rotatable bonds is 5. The summed E-state index contributed by atoms with van der Waals surface area (Å²) in [6.07, 6.45) is 0.380. The lowest BCUT2D eigenvalue weighted by atomic mass is 10.1. The van der Waals surface area contributed by atoms with Crippen molar-refractivity contribution in [2.75, 3.05) is 13.2 Å². The van der Waals surface area contributed by atoms with Crippen molar-refractivity contribution >= 4 is 15.9 Å². The maximum Gasteiger partial charge on any atom is 0.224 e. The van der Waals surface area contributed by atoms with E-state index in [2.05, 4.69) is 0 Å². The van der Waals surface area contributed by atoms with Crippen LogP contribution in [0.2, 0.25) is 0 Å². The number of aliphatic hydroxyl groups is 1. The van der Waals surface area contributed by atoms with Crippen molar-refractivity contribution in [3.63, 3.8) is 0 Å². The molecule has 1 heterocycles. The average molecular weight is 298 g/mol. The molecule has 0 saturated carbocycles. The molecular weight excluding hydrogens is 280 g/mol. The molecule has 110 valence electrons. The van der Waals surface area contributed by atoms with Gasteiger partial charge in [-0.25, -0.2) is 13.6 Å². The molecule has 1 aromatic rings. The summed E-state index contributed by atoms with van der Waals surface area (Å²) in [4.78, 5) is 13.3. The van der Waals surface area contributed by atoms with E-state index in [4.69, 9.17) is 5.14 Å². The molecule has 1 fully saturated rings. The molecule has 0 aromatic heterocycles. The molecule has 1 amide bonds. The van der Waals surface area contributed by atoms with E-state index in [-0.39, 0.29) is 25.5 Å². The van der Waals surface area contributed by atoms with Crippen molar-refractivity contribution in [2.45, 2.75) is 24.1 Å². The molecular formula is C13H18N2O4S. The van der Waals surface area contributed by atoms with Crippen molar-refractivity contribution in [1.82, 2.24) is 4.90 Å². The molecule has 7 heteroatoms. The number of nitrogens with two attached hydrogens (primary N) is 1. The van der Waals surface area contributed by atoms with Gasteiger partial charge in [-0.05, 0) is 12.0 Å². The number of sulfonamides is 1. The fraction of sp³-hybridized carbons (Fsp3) is 0.462. The Labute approximate surface area is 118 Å². The van der Waals surface area contributed by atoms with E-state index in [0.717, 1.165) is 5.56 Å². The lowest BCUT2D eigenvalue weighted by molar-refractivity contribution is -0.130. The topological polar surface area (TPSA) is 101 Å². The van der Waals surface area contributed by atoms with Gasteiger partial charge in [0.25, 0.3) is 0 Å². The van der Waals surface area contributed by atoms with Crippen LogP contribution in [0, 0.1) is 0 Å². The van der Waals surface area contributed by atoms with Crippen LogP contribution >= 0.6 is 0 Å². The zero-order valence-corrected chi connectivity index (χ0v) is 11.8. The van der Waals surface area contributed by atoms with Gasteiger partial charge >= 0.3 is 0 Å². The summed E-state index contributed by atoms with van der Waals surface area (Å²) in [5, 5.41) is 13.7. The number of nitrogens with zero attached hydrogens (tertiary/aromatic N) is 1. The van der Waals surface area contributed by atoms with Crippen LogP contribution in [0.25, 0.3) is 0 Å². The molecule has 0 radical (unpaired) electrons. The Hall–Kier alpha value is -1.44. The van der Waals surface area contributed by atoms with Crippen molar-refractivity contribution in [3.05, 3.63) is 35.9 Å². The molecule has 2 atom stereocenters. The molecule has 1 saturated heterocycles. The molecule has 0 aliphatic carbocycles. The van der Waals surface area contributed by atoms with Crippen molar-refractivity contribution < 1.29 is 18.3 Å². The highest BCUT2D eigenvalue weighted by Crippen LogP contribution is 2.21. The largest absolute Gasteiger partial charge is 0.394 e. The third-order valence-electron chi connectivity index (χ3n) is 3.55. The summed E-state index contributed by atoms with van der Waals surface area (Å²) in [5.74, 6) is -0.279. The second-order valence-corrected chi connectivity index (χ2v) is 6.83. The first-order valence-corrected chi connectivity index (χ1v) is 7.98. The maximum atomic E-state index is 11.9. The van der Waals surface area contributed by atoms with Gasteiger partial charge in [-0.15, -0.1) is 0 Å². The number of carbonyl (C=O) groups is 1. The number of benzene rings is 1. The first-order valence-electron chi connectivity index (χ1n) is 6.37. The lowest BCUT2D eigenvalue weighted by Gasteiger charge is -2.26. The Morgan fingerprint density at radius 3 is 2.50 bits per heavy atom. The Morgan fingerprint density at radius 1 is 1.35 bits per heavy atom. The second kappa shape index (κ2) is 5.90. The number of carbonyl (C=O) groups excluding carboxylic acids is 1. The Balaban J connectivity index is 2.11. The van der Waals surface area contributed by atoms with Gasteiger partial charge in [-0.2, -0.15) is 0 Å². The number of hydrogen-bond donors (Lipinski definition) is 2. The van der Waals surface area contributed by atoms with Crippen LogP contribution in [-0.2, 0) is 21.2 Å². The molecule has 0 bridgehead atoms. The molecule has 3 N–H and O–H groups in total. The molecule has 1 aliphatic rings. The summed E-state index contributed by atoms with van der Waals surface area (Å²) in [7, 11) is -3.73. The van der Waals surface area contributed by atoms with Crippen molar-refractivity contribution in [1.29, 1.82) is 0 Å². The van der Waals surface area contributed by atoms with E-state index in [0.29, 0.717) is 6.42 Å². The summed E-state index contributed by atoms with van der Waals surface area (Å²) in [5.41, 5.74) is 0.985. The third kappa shape index (κ3) is 3.36. The van der Waals surface area contributed by atoms with E-state index in [9.17, 15) is 18.3 Å². The van der Waals surface area contributed by atoms with E-state index in [1.165, 1.54) is 4.90 Å². The van der Waals surface area contributed by atoms with E-state index < -0.39 is 21.3 Å². The minimum atomic E-state index is -3.73. The SMILES string of the molecule is NS(=O)(=O)C1CC(=O)N(C(CO)Cc2ccccc2)C1. The predicted octanol–water partition coefficient (Wildman–Crippen LogP) is -0.521. The zero-order valence-electron chi connectivity index (χ0n) is 11.0. The fourth-order valence-electron chi connectivity index (χ4n) is 2.43. The van der Waals surface area contributed by atoms with Gasteiger partial charge in [0.2, 0.25) is 15.9 Å². The van der Waals surface area contributed by atoms with Crippen LogP contribution in [0.15, 0.2) is 30.3 Å². The van der Waals surface area contributed by atoms with E-state index in [1.807, 2.05) is 30.3 Å². The van der Waals surface area contributed by atoms with Gasteiger partial charge < -0.3 is 10.0 Å². The van der Waals surface area contributed by atoms with Crippen LogP contribution in [0.5, 0.6) is 0 Å². The number of hydrogen-bond acceptors (Lipinski definition) is 4. The number of likely N-dealkylation sites (tertiary alicyclic amines) is 1. The number of primary sulfonamides is 1. The van der Waals surface area contributed by atoms with E-state index >= 15 is 0 Å². The van der Waals surface area contributed by atoms with E-state index in [1.54, 1.807) is 0 Å². The standard InChI is InChI=1S/C13H18N2O4S/c14-20(18,19)12-7-13(17)15(8-12)11(9-16)6-10-4-2-1-3-5-10/h1-5,11-12,16H,6-9H2,(H2,14,18,19). The second-order valence-electron chi connectivity index (χ2n) is 4.99. The Bertz CT molecular complexity index is 573. The Kier molecular flexibility index (Phi) is 4.42.